The number of halogens is 3. The number of rotatable bonds is 4. The molecular formula is C12H12F3N3OS. The second-order valence-electron chi connectivity index (χ2n) is 4.10. The van der Waals surface area contributed by atoms with Crippen molar-refractivity contribution in [2.45, 2.75) is 23.7 Å². The Morgan fingerprint density at radius 1 is 1.20 bits per heavy atom. The van der Waals surface area contributed by atoms with E-state index in [2.05, 4.69) is 10.2 Å². The average Bonchev–Trinajstić information content (AvgIpc) is 2.76. The molecule has 0 aliphatic rings. The Morgan fingerprint density at radius 2 is 1.85 bits per heavy atom. The molecule has 0 unspecified atom stereocenters. The Kier molecular flexibility index (Phi) is 4.34. The van der Waals surface area contributed by atoms with Gasteiger partial charge in [0.1, 0.15) is 6.61 Å². The van der Waals surface area contributed by atoms with Gasteiger partial charge in [0.05, 0.1) is 5.56 Å². The van der Waals surface area contributed by atoms with Crippen LogP contribution in [-0.4, -0.2) is 19.9 Å². The molecule has 0 saturated carbocycles. The van der Waals surface area contributed by atoms with Crippen LogP contribution in [0, 0.1) is 0 Å². The predicted octanol–water partition coefficient (Wildman–Crippen LogP) is 2.62. The maximum absolute atomic E-state index is 12.4. The van der Waals surface area contributed by atoms with Gasteiger partial charge in [-0.15, -0.1) is 10.2 Å². The number of aliphatic hydroxyl groups is 1. The average molecular weight is 303 g/mol. The summed E-state index contributed by atoms with van der Waals surface area (Å²) in [6, 6.07) is 5.01. The first-order valence-electron chi connectivity index (χ1n) is 5.70. The highest BCUT2D eigenvalue weighted by atomic mass is 32.2. The number of benzene rings is 1. The van der Waals surface area contributed by atoms with Crippen LogP contribution in [0.1, 0.15) is 17.0 Å². The zero-order valence-corrected chi connectivity index (χ0v) is 11.4. The van der Waals surface area contributed by atoms with Gasteiger partial charge < -0.3 is 9.67 Å². The van der Waals surface area contributed by atoms with Crippen molar-refractivity contribution in [1.29, 1.82) is 0 Å². The van der Waals surface area contributed by atoms with E-state index in [4.69, 9.17) is 5.11 Å². The van der Waals surface area contributed by atoms with Gasteiger partial charge in [0, 0.05) is 12.8 Å². The summed E-state index contributed by atoms with van der Waals surface area (Å²) in [6.45, 7) is -0.204. The van der Waals surface area contributed by atoms with Crippen molar-refractivity contribution in [2.24, 2.45) is 7.05 Å². The first-order valence-corrected chi connectivity index (χ1v) is 6.68. The van der Waals surface area contributed by atoms with Gasteiger partial charge in [0.15, 0.2) is 11.0 Å². The molecule has 1 N–H and O–H groups in total. The van der Waals surface area contributed by atoms with Crippen LogP contribution in [0.5, 0.6) is 0 Å². The van der Waals surface area contributed by atoms with Crippen LogP contribution in [0.15, 0.2) is 29.4 Å². The predicted molar refractivity (Wildman–Crippen MR) is 67.9 cm³/mol. The molecule has 108 valence electrons. The van der Waals surface area contributed by atoms with Crippen LogP contribution in [0.2, 0.25) is 0 Å². The molecule has 2 aromatic rings. The SMILES string of the molecule is Cn1c(CO)nnc1SCc1ccc(C(F)(F)F)cc1. The van der Waals surface area contributed by atoms with E-state index in [9.17, 15) is 13.2 Å². The summed E-state index contributed by atoms with van der Waals surface area (Å²) in [6.07, 6.45) is -4.31. The lowest BCUT2D eigenvalue weighted by atomic mass is 10.1. The van der Waals surface area contributed by atoms with Crippen molar-refractivity contribution in [1.82, 2.24) is 14.8 Å². The van der Waals surface area contributed by atoms with Gasteiger partial charge in [-0.05, 0) is 17.7 Å². The minimum atomic E-state index is -4.31. The number of nitrogens with zero attached hydrogens (tertiary/aromatic N) is 3. The van der Waals surface area contributed by atoms with Crippen molar-refractivity contribution >= 4 is 11.8 Å². The Labute approximate surface area is 117 Å². The van der Waals surface area contributed by atoms with Gasteiger partial charge in [-0.1, -0.05) is 23.9 Å². The third kappa shape index (κ3) is 3.31. The van der Waals surface area contributed by atoms with Gasteiger partial charge in [-0.25, -0.2) is 0 Å². The topological polar surface area (TPSA) is 50.9 Å². The van der Waals surface area contributed by atoms with Gasteiger partial charge in [-0.3, -0.25) is 0 Å². The molecule has 0 fully saturated rings. The summed E-state index contributed by atoms with van der Waals surface area (Å²) < 4.78 is 38.9. The maximum Gasteiger partial charge on any atom is 0.416 e. The smallest absolute Gasteiger partial charge is 0.388 e. The zero-order chi connectivity index (χ0) is 14.8. The Morgan fingerprint density at radius 3 is 2.35 bits per heavy atom. The molecule has 0 aliphatic heterocycles. The van der Waals surface area contributed by atoms with Crippen LogP contribution in [0.4, 0.5) is 13.2 Å². The van der Waals surface area contributed by atoms with E-state index < -0.39 is 11.7 Å². The molecule has 2 rings (SSSR count). The van der Waals surface area contributed by atoms with E-state index in [-0.39, 0.29) is 6.61 Å². The second kappa shape index (κ2) is 5.84. The molecule has 0 aliphatic carbocycles. The molecule has 0 amide bonds. The Bertz CT molecular complexity index is 581. The molecule has 0 atom stereocenters. The third-order valence-electron chi connectivity index (χ3n) is 2.72. The largest absolute Gasteiger partial charge is 0.416 e. The molecule has 0 saturated heterocycles. The molecule has 4 nitrogen and oxygen atoms in total. The normalized spacial score (nSPS) is 11.8. The summed E-state index contributed by atoms with van der Waals surface area (Å²) in [5.41, 5.74) is 0.101. The van der Waals surface area contributed by atoms with E-state index in [1.54, 1.807) is 11.6 Å². The van der Waals surface area contributed by atoms with Crippen molar-refractivity contribution in [3.05, 3.63) is 41.2 Å². The van der Waals surface area contributed by atoms with Gasteiger partial charge >= 0.3 is 6.18 Å². The molecule has 0 bridgehead atoms. The van der Waals surface area contributed by atoms with E-state index in [1.165, 1.54) is 23.9 Å². The third-order valence-corrected chi connectivity index (χ3v) is 3.81. The standard InChI is InChI=1S/C12H12F3N3OS/c1-18-10(6-19)16-17-11(18)20-7-8-2-4-9(5-3-8)12(13,14)15/h2-5,19H,6-7H2,1H3. The van der Waals surface area contributed by atoms with E-state index in [0.717, 1.165) is 17.7 Å². The second-order valence-corrected chi connectivity index (χ2v) is 5.04. The molecule has 1 aromatic heterocycles. The molecular weight excluding hydrogens is 291 g/mol. The number of hydrogen-bond donors (Lipinski definition) is 1. The van der Waals surface area contributed by atoms with Gasteiger partial charge in [0.2, 0.25) is 0 Å². The van der Waals surface area contributed by atoms with Crippen LogP contribution < -0.4 is 0 Å². The van der Waals surface area contributed by atoms with Crippen molar-refractivity contribution < 1.29 is 18.3 Å². The molecule has 1 heterocycles. The van der Waals surface area contributed by atoms with Gasteiger partial charge in [-0.2, -0.15) is 13.2 Å². The first kappa shape index (κ1) is 14.9. The van der Waals surface area contributed by atoms with Crippen molar-refractivity contribution in [2.75, 3.05) is 0 Å². The summed E-state index contributed by atoms with van der Waals surface area (Å²) in [5, 5.41) is 17.3. The Balaban J connectivity index is 2.02. The number of aliphatic hydroxyl groups excluding tert-OH is 1. The van der Waals surface area contributed by atoms with Crippen molar-refractivity contribution in [3.63, 3.8) is 0 Å². The van der Waals surface area contributed by atoms with E-state index in [0.29, 0.717) is 16.7 Å². The fourth-order valence-corrected chi connectivity index (χ4v) is 2.43. The maximum atomic E-state index is 12.4. The van der Waals surface area contributed by atoms with Crippen LogP contribution in [-0.2, 0) is 25.6 Å². The quantitative estimate of drug-likeness (QED) is 0.882. The highest BCUT2D eigenvalue weighted by Crippen LogP contribution is 2.30. The number of thioether (sulfide) groups is 1. The van der Waals surface area contributed by atoms with Crippen molar-refractivity contribution in [3.8, 4) is 0 Å². The van der Waals surface area contributed by atoms with Crippen LogP contribution in [0.25, 0.3) is 0 Å². The Hall–Kier alpha value is -1.54. The zero-order valence-electron chi connectivity index (χ0n) is 10.6. The fourth-order valence-electron chi connectivity index (χ4n) is 1.55. The lowest BCUT2D eigenvalue weighted by Crippen LogP contribution is -2.04. The molecule has 8 heteroatoms. The summed E-state index contributed by atoms with van der Waals surface area (Å²) in [5.74, 6) is 0.926. The molecule has 20 heavy (non-hydrogen) atoms. The van der Waals surface area contributed by atoms with E-state index in [1.807, 2.05) is 0 Å². The number of alkyl halides is 3. The molecule has 1 aromatic carbocycles. The highest BCUT2D eigenvalue weighted by Gasteiger charge is 2.29. The highest BCUT2D eigenvalue weighted by molar-refractivity contribution is 7.98. The van der Waals surface area contributed by atoms with Crippen LogP contribution >= 0.6 is 11.8 Å². The van der Waals surface area contributed by atoms with Gasteiger partial charge in [0.25, 0.3) is 0 Å². The minimum absolute atomic E-state index is 0.204. The minimum Gasteiger partial charge on any atom is -0.388 e. The van der Waals surface area contributed by atoms with E-state index >= 15 is 0 Å². The molecule has 0 spiro atoms. The summed E-state index contributed by atoms with van der Waals surface area (Å²) in [4.78, 5) is 0. The number of aromatic nitrogens is 3. The fraction of sp³-hybridized carbons (Fsp3) is 0.333. The first-order chi connectivity index (χ1) is 9.41. The monoisotopic (exact) mass is 303 g/mol. The summed E-state index contributed by atoms with van der Waals surface area (Å²) in [7, 11) is 1.72. The number of hydrogen-bond acceptors (Lipinski definition) is 4. The van der Waals surface area contributed by atoms with Crippen LogP contribution in [0.3, 0.4) is 0 Å². The lowest BCUT2D eigenvalue weighted by Gasteiger charge is -2.07. The molecule has 0 radical (unpaired) electrons. The lowest BCUT2D eigenvalue weighted by molar-refractivity contribution is -0.137. The summed E-state index contributed by atoms with van der Waals surface area (Å²) >= 11 is 1.35.